The number of carbonyl (C=O) groups excluding carboxylic acids is 1. The Balaban J connectivity index is 1.43. The lowest BCUT2D eigenvalue weighted by molar-refractivity contribution is -0.132. The van der Waals surface area contributed by atoms with E-state index in [2.05, 4.69) is 54.7 Å². The second-order valence-corrected chi connectivity index (χ2v) is 9.31. The summed E-state index contributed by atoms with van der Waals surface area (Å²) in [5.41, 5.74) is 3.20. The molecule has 0 heterocycles. The minimum atomic E-state index is 0.0764. The van der Waals surface area contributed by atoms with E-state index in [0.717, 1.165) is 11.1 Å². The van der Waals surface area contributed by atoms with Crippen molar-refractivity contribution in [2.45, 2.75) is 32.5 Å². The molecule has 0 fully saturated rings. The van der Waals surface area contributed by atoms with E-state index in [0.29, 0.717) is 36.1 Å². The highest BCUT2D eigenvalue weighted by Gasteiger charge is 2.17. The molecule has 0 unspecified atom stereocenters. The predicted octanol–water partition coefficient (Wildman–Crippen LogP) is 7.42. The number of carbonyl (C=O) groups is 1. The molecule has 4 aromatic rings. The maximum absolute atomic E-state index is 13.3. The quantitative estimate of drug-likeness (QED) is 0.264. The van der Waals surface area contributed by atoms with Gasteiger partial charge in [0.2, 0.25) is 5.91 Å². The van der Waals surface area contributed by atoms with Crippen LogP contribution >= 0.6 is 23.2 Å². The molecule has 0 aliphatic heterocycles. The molecule has 4 aromatic carbocycles. The van der Waals surface area contributed by atoms with Crippen molar-refractivity contribution in [2.75, 3.05) is 6.54 Å². The average Bonchev–Trinajstić information content (AvgIpc) is 2.85. The highest BCUT2D eigenvalue weighted by molar-refractivity contribution is 6.35. The van der Waals surface area contributed by atoms with Crippen LogP contribution in [0, 0.1) is 0 Å². The average molecular weight is 491 g/mol. The fourth-order valence-corrected chi connectivity index (χ4v) is 4.65. The maximum atomic E-state index is 13.3. The molecule has 0 aliphatic rings. The van der Waals surface area contributed by atoms with E-state index in [1.54, 1.807) is 12.1 Å². The lowest BCUT2D eigenvalue weighted by Gasteiger charge is -2.24. The fourth-order valence-electron chi connectivity index (χ4n) is 4.18. The molecule has 3 nitrogen and oxygen atoms in total. The number of halogens is 2. The number of hydrogen-bond donors (Lipinski definition) is 1. The topological polar surface area (TPSA) is 32.3 Å². The smallest absolute Gasteiger partial charge is 0.224 e. The van der Waals surface area contributed by atoms with Gasteiger partial charge in [-0.3, -0.25) is 4.79 Å². The summed E-state index contributed by atoms with van der Waals surface area (Å²) >= 11 is 12.5. The molecule has 0 aromatic heterocycles. The molecule has 1 atom stereocenters. The van der Waals surface area contributed by atoms with Gasteiger partial charge in [-0.1, -0.05) is 102 Å². The molecular formula is C29H28Cl2N2O. The highest BCUT2D eigenvalue weighted by Crippen LogP contribution is 2.25. The van der Waals surface area contributed by atoms with Crippen LogP contribution in [0.3, 0.4) is 0 Å². The van der Waals surface area contributed by atoms with Gasteiger partial charge >= 0.3 is 0 Å². The molecule has 4 rings (SSSR count). The zero-order valence-corrected chi connectivity index (χ0v) is 20.7. The normalized spacial score (nSPS) is 12.0. The summed E-state index contributed by atoms with van der Waals surface area (Å²) in [7, 11) is 0. The van der Waals surface area contributed by atoms with Gasteiger partial charge in [0.15, 0.2) is 0 Å². The van der Waals surface area contributed by atoms with Crippen LogP contribution < -0.4 is 5.32 Å². The third-order valence-corrected chi connectivity index (χ3v) is 6.61. The van der Waals surface area contributed by atoms with E-state index in [9.17, 15) is 4.79 Å². The van der Waals surface area contributed by atoms with Crippen LogP contribution in [0.1, 0.15) is 36.1 Å². The summed E-state index contributed by atoms with van der Waals surface area (Å²) in [6.45, 7) is 3.68. The van der Waals surface area contributed by atoms with Crippen molar-refractivity contribution in [3.63, 3.8) is 0 Å². The summed E-state index contributed by atoms with van der Waals surface area (Å²) < 4.78 is 0. The first-order valence-corrected chi connectivity index (χ1v) is 12.2. The molecule has 174 valence electrons. The number of amides is 1. The second kappa shape index (κ2) is 11.5. The van der Waals surface area contributed by atoms with Crippen LogP contribution in [0.5, 0.6) is 0 Å². The minimum Gasteiger partial charge on any atom is -0.334 e. The Morgan fingerprint density at radius 3 is 2.41 bits per heavy atom. The zero-order chi connectivity index (χ0) is 23.9. The van der Waals surface area contributed by atoms with Crippen molar-refractivity contribution in [3.05, 3.63) is 118 Å². The van der Waals surface area contributed by atoms with E-state index in [4.69, 9.17) is 23.2 Å². The van der Waals surface area contributed by atoms with E-state index in [1.165, 1.54) is 16.3 Å². The number of fused-ring (bicyclic) bond motifs is 1. The van der Waals surface area contributed by atoms with Crippen LogP contribution in [-0.2, 0) is 17.9 Å². The molecule has 0 saturated heterocycles. The fraction of sp³-hybridized carbons (Fsp3) is 0.207. The largest absolute Gasteiger partial charge is 0.334 e. The molecule has 5 heteroatoms. The van der Waals surface area contributed by atoms with Crippen LogP contribution in [0.25, 0.3) is 10.8 Å². The van der Waals surface area contributed by atoms with E-state index in [1.807, 2.05) is 41.3 Å². The van der Waals surface area contributed by atoms with Gasteiger partial charge in [-0.25, -0.2) is 0 Å². The summed E-state index contributed by atoms with van der Waals surface area (Å²) in [6.07, 6.45) is 0.396. The molecule has 1 N–H and O–H groups in total. The summed E-state index contributed by atoms with van der Waals surface area (Å²) in [4.78, 5) is 15.1. The van der Waals surface area contributed by atoms with Crippen molar-refractivity contribution >= 4 is 39.9 Å². The first kappa shape index (κ1) is 24.3. The maximum Gasteiger partial charge on any atom is 0.224 e. The molecule has 1 amide bonds. The Kier molecular flexibility index (Phi) is 8.23. The first-order chi connectivity index (χ1) is 16.5. The Morgan fingerprint density at radius 2 is 1.62 bits per heavy atom. The first-order valence-electron chi connectivity index (χ1n) is 11.5. The van der Waals surface area contributed by atoms with Crippen LogP contribution in [0.2, 0.25) is 10.0 Å². The molecule has 0 radical (unpaired) electrons. The number of nitrogens with zero attached hydrogens (tertiary/aromatic N) is 1. The molecule has 0 aliphatic carbocycles. The summed E-state index contributed by atoms with van der Waals surface area (Å²) in [5.74, 6) is 0.0764. The summed E-state index contributed by atoms with van der Waals surface area (Å²) in [6, 6.07) is 30.3. The van der Waals surface area contributed by atoms with Crippen LogP contribution in [0.4, 0.5) is 0 Å². The van der Waals surface area contributed by atoms with Gasteiger partial charge in [0.25, 0.3) is 0 Å². The van der Waals surface area contributed by atoms with Crippen molar-refractivity contribution < 1.29 is 4.79 Å². The Bertz CT molecular complexity index is 1250. The molecular weight excluding hydrogens is 463 g/mol. The lowest BCUT2D eigenvalue weighted by Crippen LogP contribution is -2.33. The number of hydrogen-bond acceptors (Lipinski definition) is 2. The monoisotopic (exact) mass is 490 g/mol. The van der Waals surface area contributed by atoms with Gasteiger partial charge in [-0.05, 0) is 46.5 Å². The van der Waals surface area contributed by atoms with Crippen molar-refractivity contribution in [1.29, 1.82) is 0 Å². The molecule has 0 spiro atoms. The Labute approximate surface area is 211 Å². The van der Waals surface area contributed by atoms with Crippen molar-refractivity contribution in [3.8, 4) is 0 Å². The van der Waals surface area contributed by atoms with Crippen molar-refractivity contribution in [2.24, 2.45) is 0 Å². The van der Waals surface area contributed by atoms with Gasteiger partial charge in [-0.2, -0.15) is 0 Å². The van der Waals surface area contributed by atoms with Crippen LogP contribution in [-0.4, -0.2) is 17.4 Å². The molecule has 0 saturated carbocycles. The molecule has 0 bridgehead atoms. The third-order valence-electron chi connectivity index (χ3n) is 6.02. The predicted molar refractivity (Wildman–Crippen MR) is 142 cm³/mol. The highest BCUT2D eigenvalue weighted by atomic mass is 35.5. The van der Waals surface area contributed by atoms with Gasteiger partial charge < -0.3 is 10.2 Å². The van der Waals surface area contributed by atoms with Crippen molar-refractivity contribution in [1.82, 2.24) is 10.2 Å². The number of nitrogens with one attached hydrogen (secondary N) is 1. The Morgan fingerprint density at radius 1 is 0.882 bits per heavy atom. The number of benzene rings is 4. The van der Waals surface area contributed by atoms with E-state index >= 15 is 0 Å². The minimum absolute atomic E-state index is 0.0764. The summed E-state index contributed by atoms with van der Waals surface area (Å²) in [5, 5.41) is 7.14. The SMILES string of the molecule is C[C@@H](NCCC(=O)N(Cc1ccccc1)Cc1ccc(Cl)cc1Cl)c1cccc2ccccc12. The lowest BCUT2D eigenvalue weighted by atomic mass is 9.99. The van der Waals surface area contributed by atoms with E-state index in [-0.39, 0.29) is 11.9 Å². The third kappa shape index (κ3) is 6.18. The van der Waals surface area contributed by atoms with E-state index < -0.39 is 0 Å². The van der Waals surface area contributed by atoms with Gasteiger partial charge in [-0.15, -0.1) is 0 Å². The number of rotatable bonds is 9. The second-order valence-electron chi connectivity index (χ2n) is 8.47. The Hall–Kier alpha value is -2.85. The van der Waals surface area contributed by atoms with Gasteiger partial charge in [0.05, 0.1) is 0 Å². The van der Waals surface area contributed by atoms with Crippen LogP contribution in [0.15, 0.2) is 91.0 Å². The van der Waals surface area contributed by atoms with Gasteiger partial charge in [0.1, 0.15) is 0 Å². The molecule has 34 heavy (non-hydrogen) atoms. The standard InChI is InChI=1S/C29H28Cl2N2O/c1-21(26-13-7-11-23-10-5-6-12-27(23)26)32-17-16-29(34)33(19-22-8-3-2-4-9-22)20-24-14-15-25(30)18-28(24)31/h2-15,18,21,32H,16-17,19-20H2,1H3/t21-/m1/s1. The zero-order valence-electron chi connectivity index (χ0n) is 19.2. The van der Waals surface area contributed by atoms with Gasteiger partial charge in [0, 0.05) is 42.1 Å².